The van der Waals surface area contributed by atoms with Gasteiger partial charge in [-0.15, -0.1) is 0 Å². The largest absolute Gasteiger partial charge is 0.338 e. The Morgan fingerprint density at radius 3 is 2.65 bits per heavy atom. The summed E-state index contributed by atoms with van der Waals surface area (Å²) in [6.45, 7) is 0.765. The summed E-state index contributed by atoms with van der Waals surface area (Å²) in [5.74, 6) is 0.128. The van der Waals surface area contributed by atoms with E-state index in [0.29, 0.717) is 25.3 Å². The highest BCUT2D eigenvalue weighted by atomic mass is 32.2. The van der Waals surface area contributed by atoms with Gasteiger partial charge in [0, 0.05) is 12.6 Å². The second kappa shape index (κ2) is 3.70. The van der Waals surface area contributed by atoms with Gasteiger partial charge < -0.3 is 4.90 Å². The summed E-state index contributed by atoms with van der Waals surface area (Å²) in [4.78, 5) is 14.4. The zero-order valence-electron chi connectivity index (χ0n) is 10.0. The number of amides is 1. The lowest BCUT2D eigenvalue weighted by Gasteiger charge is -2.46. The SMILES string of the molecule is O=C1N2CCCC[C@@H]2CC[C@@]12CCCS2(=O)=O. The van der Waals surface area contributed by atoms with Gasteiger partial charge in [0.2, 0.25) is 5.91 Å². The van der Waals surface area contributed by atoms with Crippen LogP contribution in [-0.4, -0.2) is 42.3 Å². The maximum absolute atomic E-state index is 12.5. The molecule has 0 aliphatic carbocycles. The number of carbonyl (C=O) groups is 1. The second-order valence-electron chi connectivity index (χ2n) is 5.60. The molecule has 0 aromatic heterocycles. The molecular weight excluding hydrogens is 238 g/mol. The molecule has 3 aliphatic rings. The lowest BCUT2D eigenvalue weighted by Crippen LogP contribution is -2.60. The van der Waals surface area contributed by atoms with Crippen LogP contribution in [0.3, 0.4) is 0 Å². The van der Waals surface area contributed by atoms with Gasteiger partial charge in [-0.25, -0.2) is 8.42 Å². The fourth-order valence-electron chi connectivity index (χ4n) is 3.76. The van der Waals surface area contributed by atoms with E-state index in [9.17, 15) is 13.2 Å². The van der Waals surface area contributed by atoms with Crippen LogP contribution in [0.5, 0.6) is 0 Å². The molecule has 0 aromatic rings. The summed E-state index contributed by atoms with van der Waals surface area (Å²) < 4.78 is 23.3. The van der Waals surface area contributed by atoms with Crippen LogP contribution in [0, 0.1) is 0 Å². The van der Waals surface area contributed by atoms with Crippen LogP contribution >= 0.6 is 0 Å². The smallest absolute Gasteiger partial charge is 0.244 e. The highest BCUT2D eigenvalue weighted by Crippen LogP contribution is 2.43. The van der Waals surface area contributed by atoms with Gasteiger partial charge in [0.25, 0.3) is 0 Å². The van der Waals surface area contributed by atoms with Gasteiger partial charge in [0.15, 0.2) is 14.6 Å². The number of rotatable bonds is 0. The number of fused-ring (bicyclic) bond motifs is 1. The van der Waals surface area contributed by atoms with Gasteiger partial charge in [-0.2, -0.15) is 0 Å². The molecule has 5 heteroatoms. The van der Waals surface area contributed by atoms with E-state index in [-0.39, 0.29) is 11.7 Å². The summed E-state index contributed by atoms with van der Waals surface area (Å²) in [6.07, 6.45) is 5.92. The van der Waals surface area contributed by atoms with E-state index in [1.165, 1.54) is 6.42 Å². The number of sulfone groups is 1. The molecule has 1 spiro atoms. The Balaban J connectivity index is 1.96. The normalized spacial score (nSPS) is 40.6. The zero-order chi connectivity index (χ0) is 12.1. The molecule has 0 unspecified atom stereocenters. The highest BCUT2D eigenvalue weighted by Gasteiger charge is 2.58. The Morgan fingerprint density at radius 1 is 1.12 bits per heavy atom. The summed E-state index contributed by atoms with van der Waals surface area (Å²) in [5, 5.41) is 0. The molecule has 17 heavy (non-hydrogen) atoms. The van der Waals surface area contributed by atoms with Crippen LogP contribution in [0.1, 0.15) is 44.9 Å². The molecule has 0 radical (unpaired) electrons. The lowest BCUT2D eigenvalue weighted by molar-refractivity contribution is -0.141. The van der Waals surface area contributed by atoms with Crippen LogP contribution in [0.4, 0.5) is 0 Å². The Bertz CT molecular complexity index is 445. The quantitative estimate of drug-likeness (QED) is 0.653. The molecule has 0 saturated carbocycles. The third-order valence-electron chi connectivity index (χ3n) is 4.75. The molecular formula is C12H19NO3S. The average molecular weight is 257 g/mol. The van der Waals surface area contributed by atoms with Crippen LogP contribution in [0.25, 0.3) is 0 Å². The van der Waals surface area contributed by atoms with Crippen molar-refractivity contribution in [3.05, 3.63) is 0 Å². The van der Waals surface area contributed by atoms with Crippen molar-refractivity contribution in [2.75, 3.05) is 12.3 Å². The third kappa shape index (κ3) is 1.47. The van der Waals surface area contributed by atoms with E-state index >= 15 is 0 Å². The number of piperidine rings is 2. The molecule has 0 aromatic carbocycles. The maximum Gasteiger partial charge on any atom is 0.244 e. The molecule has 2 atom stereocenters. The number of nitrogens with zero attached hydrogens (tertiary/aromatic N) is 1. The van der Waals surface area contributed by atoms with Crippen LogP contribution in [0.15, 0.2) is 0 Å². The predicted octanol–water partition coefficient (Wildman–Crippen LogP) is 1.11. The fourth-order valence-corrected chi connectivity index (χ4v) is 5.94. The molecule has 3 fully saturated rings. The van der Waals surface area contributed by atoms with E-state index in [4.69, 9.17) is 0 Å². The Hall–Kier alpha value is -0.580. The minimum Gasteiger partial charge on any atom is -0.338 e. The average Bonchev–Trinajstić information content (AvgIpc) is 2.61. The van der Waals surface area contributed by atoms with Gasteiger partial charge in [-0.05, 0) is 44.9 Å². The summed E-state index contributed by atoms with van der Waals surface area (Å²) in [5.41, 5.74) is 0. The minimum absolute atomic E-state index is 0.0778. The first-order valence-electron chi connectivity index (χ1n) is 6.60. The van der Waals surface area contributed by atoms with Gasteiger partial charge >= 0.3 is 0 Å². The molecule has 3 heterocycles. The first kappa shape index (κ1) is 11.5. The number of hydrogen-bond donors (Lipinski definition) is 0. The summed E-state index contributed by atoms with van der Waals surface area (Å²) in [7, 11) is -3.20. The van der Waals surface area contributed by atoms with Gasteiger partial charge in [-0.3, -0.25) is 4.79 Å². The van der Waals surface area contributed by atoms with Crippen molar-refractivity contribution >= 4 is 15.7 Å². The summed E-state index contributed by atoms with van der Waals surface area (Å²) in [6, 6.07) is 0.317. The molecule has 3 aliphatic heterocycles. The fraction of sp³-hybridized carbons (Fsp3) is 0.917. The first-order valence-corrected chi connectivity index (χ1v) is 8.25. The van der Waals surface area contributed by atoms with Crippen molar-refractivity contribution in [2.24, 2.45) is 0 Å². The van der Waals surface area contributed by atoms with E-state index in [2.05, 4.69) is 0 Å². The summed E-state index contributed by atoms with van der Waals surface area (Å²) >= 11 is 0. The zero-order valence-corrected chi connectivity index (χ0v) is 10.8. The van der Waals surface area contributed by atoms with E-state index in [1.54, 1.807) is 0 Å². The van der Waals surface area contributed by atoms with Crippen LogP contribution < -0.4 is 0 Å². The second-order valence-corrected chi connectivity index (χ2v) is 8.02. The van der Waals surface area contributed by atoms with Gasteiger partial charge in [0.05, 0.1) is 5.75 Å². The van der Waals surface area contributed by atoms with Crippen molar-refractivity contribution in [1.82, 2.24) is 4.90 Å². The molecule has 0 N–H and O–H groups in total. The van der Waals surface area contributed by atoms with Crippen molar-refractivity contribution in [1.29, 1.82) is 0 Å². The maximum atomic E-state index is 12.5. The lowest BCUT2D eigenvalue weighted by atomic mass is 9.84. The van der Waals surface area contributed by atoms with Crippen molar-refractivity contribution in [2.45, 2.75) is 55.7 Å². The van der Waals surface area contributed by atoms with Crippen molar-refractivity contribution in [3.63, 3.8) is 0 Å². The van der Waals surface area contributed by atoms with E-state index in [0.717, 1.165) is 25.8 Å². The predicted molar refractivity (Wildman–Crippen MR) is 64.3 cm³/mol. The van der Waals surface area contributed by atoms with Crippen LogP contribution in [0.2, 0.25) is 0 Å². The molecule has 3 rings (SSSR count). The molecule has 0 bridgehead atoms. The number of carbonyl (C=O) groups excluding carboxylic acids is 1. The van der Waals surface area contributed by atoms with E-state index in [1.807, 2.05) is 4.90 Å². The topological polar surface area (TPSA) is 54.5 Å². The van der Waals surface area contributed by atoms with Crippen molar-refractivity contribution in [3.8, 4) is 0 Å². The molecule has 1 amide bonds. The molecule has 4 nitrogen and oxygen atoms in total. The highest BCUT2D eigenvalue weighted by molar-refractivity contribution is 7.93. The molecule has 96 valence electrons. The van der Waals surface area contributed by atoms with Crippen molar-refractivity contribution < 1.29 is 13.2 Å². The van der Waals surface area contributed by atoms with Gasteiger partial charge in [0.1, 0.15) is 0 Å². The monoisotopic (exact) mass is 257 g/mol. The van der Waals surface area contributed by atoms with Crippen LogP contribution in [-0.2, 0) is 14.6 Å². The minimum atomic E-state index is -3.20. The Kier molecular flexibility index (Phi) is 2.51. The van der Waals surface area contributed by atoms with Gasteiger partial charge in [-0.1, -0.05) is 0 Å². The Morgan fingerprint density at radius 2 is 1.94 bits per heavy atom. The first-order chi connectivity index (χ1) is 8.07. The standard InChI is InChI=1S/C12H19NO3S/c14-11-12(6-3-9-17(12,15)16)7-5-10-4-1-2-8-13(10)11/h10H,1-9H2/t10-,12+/m1/s1. The van der Waals surface area contributed by atoms with E-state index < -0.39 is 14.6 Å². The third-order valence-corrected chi connectivity index (χ3v) is 7.35. The number of hydrogen-bond acceptors (Lipinski definition) is 3. The molecule has 3 saturated heterocycles. The Labute approximate surface area is 102 Å².